The third-order valence-corrected chi connectivity index (χ3v) is 2.57. The minimum absolute atomic E-state index is 0.0458. The van der Waals surface area contributed by atoms with Crippen molar-refractivity contribution in [3.05, 3.63) is 45.3 Å². The number of rotatable bonds is 5. The van der Waals surface area contributed by atoms with E-state index in [4.69, 9.17) is 10.5 Å². The van der Waals surface area contributed by atoms with Crippen molar-refractivity contribution >= 4 is 5.69 Å². The zero-order valence-electron chi connectivity index (χ0n) is 10.2. The van der Waals surface area contributed by atoms with Gasteiger partial charge in [-0.25, -0.2) is 4.63 Å². The van der Waals surface area contributed by atoms with Crippen LogP contribution in [0.3, 0.4) is 0 Å². The highest BCUT2D eigenvalue weighted by Crippen LogP contribution is 2.28. The predicted octanol–water partition coefficient (Wildman–Crippen LogP) is 1.32. The van der Waals surface area contributed by atoms with Crippen LogP contribution in [0.5, 0.6) is 5.75 Å². The van der Waals surface area contributed by atoms with Gasteiger partial charge in [-0.3, -0.25) is 10.1 Å². The van der Waals surface area contributed by atoms with E-state index in [0.29, 0.717) is 11.4 Å². The lowest BCUT2D eigenvalue weighted by atomic mass is 10.2. The Balaban J connectivity index is 2.22. The molecule has 0 aliphatic carbocycles. The average Bonchev–Trinajstić information content (AvgIpc) is 2.81. The molecule has 0 atom stereocenters. The normalized spacial score (nSPS) is 10.4. The molecule has 0 aliphatic rings. The van der Waals surface area contributed by atoms with Gasteiger partial charge in [0.25, 0.3) is 0 Å². The molecule has 0 amide bonds. The molecule has 19 heavy (non-hydrogen) atoms. The molecule has 100 valence electrons. The van der Waals surface area contributed by atoms with Crippen molar-refractivity contribution in [1.29, 1.82) is 0 Å². The van der Waals surface area contributed by atoms with Gasteiger partial charge in [0.1, 0.15) is 18.0 Å². The highest BCUT2D eigenvalue weighted by Gasteiger charge is 2.16. The summed E-state index contributed by atoms with van der Waals surface area (Å²) in [6.07, 6.45) is 0. The van der Waals surface area contributed by atoms with E-state index in [1.54, 1.807) is 19.1 Å². The third-order valence-electron chi connectivity index (χ3n) is 2.57. The minimum atomic E-state index is -0.510. The average molecular weight is 264 g/mol. The van der Waals surface area contributed by atoms with Crippen LogP contribution in [0.25, 0.3) is 0 Å². The van der Waals surface area contributed by atoms with Crippen molar-refractivity contribution in [1.82, 2.24) is 10.3 Å². The Hall–Kier alpha value is -2.48. The maximum Gasteiger partial charge on any atom is 0.310 e. The van der Waals surface area contributed by atoms with Crippen LogP contribution < -0.4 is 10.5 Å². The molecule has 0 saturated carbocycles. The first-order valence-electron chi connectivity index (χ1n) is 5.50. The van der Waals surface area contributed by atoms with E-state index in [0.717, 1.165) is 5.56 Å². The molecule has 0 radical (unpaired) electrons. The molecule has 1 aromatic carbocycles. The third kappa shape index (κ3) is 2.86. The second kappa shape index (κ2) is 5.44. The standard InChI is InChI=1S/C11H12N4O4/c1-7-9(14-19-13-7)6-18-11-4-8(5-12)2-3-10(11)15(16)17/h2-4H,5-6,12H2,1H3. The number of nitrogens with zero attached hydrogens (tertiary/aromatic N) is 3. The summed E-state index contributed by atoms with van der Waals surface area (Å²) in [4.78, 5) is 10.4. The molecule has 2 rings (SSSR count). The molecule has 2 N–H and O–H groups in total. The van der Waals surface area contributed by atoms with Crippen LogP contribution in [-0.4, -0.2) is 15.2 Å². The zero-order valence-corrected chi connectivity index (χ0v) is 10.2. The Morgan fingerprint density at radius 3 is 2.84 bits per heavy atom. The Morgan fingerprint density at radius 2 is 2.26 bits per heavy atom. The maximum absolute atomic E-state index is 10.9. The van der Waals surface area contributed by atoms with Gasteiger partial charge in [-0.1, -0.05) is 16.4 Å². The van der Waals surface area contributed by atoms with Crippen molar-refractivity contribution in [3.8, 4) is 5.75 Å². The summed E-state index contributed by atoms with van der Waals surface area (Å²) >= 11 is 0. The fourth-order valence-corrected chi connectivity index (χ4v) is 1.48. The molecule has 1 aromatic heterocycles. The second-order valence-corrected chi connectivity index (χ2v) is 3.85. The fraction of sp³-hybridized carbons (Fsp3) is 0.273. The van der Waals surface area contributed by atoms with Crippen LogP contribution in [0.15, 0.2) is 22.8 Å². The number of ether oxygens (including phenoxy) is 1. The smallest absolute Gasteiger partial charge is 0.310 e. The Bertz CT molecular complexity index is 596. The Labute approximate surface area is 108 Å². The molecule has 0 spiro atoms. The lowest BCUT2D eigenvalue weighted by Crippen LogP contribution is -2.03. The molecule has 0 saturated heterocycles. The molecule has 0 unspecified atom stereocenters. The number of nitro benzene ring substituents is 1. The van der Waals surface area contributed by atoms with Crippen LogP contribution in [0.4, 0.5) is 5.69 Å². The monoisotopic (exact) mass is 264 g/mol. The molecule has 8 nitrogen and oxygen atoms in total. The van der Waals surface area contributed by atoms with Gasteiger partial charge >= 0.3 is 5.69 Å². The van der Waals surface area contributed by atoms with Crippen LogP contribution >= 0.6 is 0 Å². The van der Waals surface area contributed by atoms with E-state index in [1.165, 1.54) is 6.07 Å². The van der Waals surface area contributed by atoms with Crippen molar-refractivity contribution in [2.75, 3.05) is 0 Å². The van der Waals surface area contributed by atoms with Crippen LogP contribution in [-0.2, 0) is 13.2 Å². The predicted molar refractivity (Wildman–Crippen MR) is 64.4 cm³/mol. The highest BCUT2D eigenvalue weighted by molar-refractivity contribution is 5.48. The molecule has 0 bridgehead atoms. The van der Waals surface area contributed by atoms with Crippen LogP contribution in [0, 0.1) is 17.0 Å². The first kappa shape index (κ1) is 13.0. The number of nitro groups is 1. The lowest BCUT2D eigenvalue weighted by molar-refractivity contribution is -0.386. The molecule has 2 aromatic rings. The van der Waals surface area contributed by atoms with Gasteiger partial charge < -0.3 is 10.5 Å². The Morgan fingerprint density at radius 1 is 1.47 bits per heavy atom. The Kier molecular flexibility index (Phi) is 3.71. The molecule has 0 aliphatic heterocycles. The largest absolute Gasteiger partial charge is 0.480 e. The highest BCUT2D eigenvalue weighted by atomic mass is 16.6. The SMILES string of the molecule is Cc1nonc1COc1cc(CN)ccc1[N+](=O)[O-]. The zero-order chi connectivity index (χ0) is 13.8. The molecule has 1 heterocycles. The van der Waals surface area contributed by atoms with Gasteiger partial charge in [-0.05, 0) is 18.6 Å². The molecule has 0 fully saturated rings. The molecular formula is C11H12N4O4. The summed E-state index contributed by atoms with van der Waals surface area (Å²) in [5, 5.41) is 18.1. The van der Waals surface area contributed by atoms with E-state index < -0.39 is 4.92 Å². The number of benzene rings is 1. The lowest BCUT2D eigenvalue weighted by Gasteiger charge is -2.06. The van der Waals surface area contributed by atoms with Crippen molar-refractivity contribution in [3.63, 3.8) is 0 Å². The summed E-state index contributed by atoms with van der Waals surface area (Å²) in [7, 11) is 0. The number of hydrogen-bond donors (Lipinski definition) is 1. The number of hydrogen-bond acceptors (Lipinski definition) is 7. The quantitative estimate of drug-likeness (QED) is 0.639. The minimum Gasteiger partial charge on any atom is -0.480 e. The molecular weight excluding hydrogens is 252 g/mol. The van der Waals surface area contributed by atoms with Crippen molar-refractivity contribution in [2.24, 2.45) is 5.73 Å². The summed E-state index contributed by atoms with van der Waals surface area (Å²) in [6, 6.07) is 4.50. The van der Waals surface area contributed by atoms with Crippen LogP contribution in [0.2, 0.25) is 0 Å². The number of aromatic nitrogens is 2. The van der Waals surface area contributed by atoms with Crippen molar-refractivity contribution < 1.29 is 14.3 Å². The van der Waals surface area contributed by atoms with Gasteiger partial charge in [0, 0.05) is 12.6 Å². The van der Waals surface area contributed by atoms with E-state index in [1.807, 2.05) is 0 Å². The molecule has 8 heteroatoms. The fourth-order valence-electron chi connectivity index (χ4n) is 1.48. The summed E-state index contributed by atoms with van der Waals surface area (Å²) in [6.45, 7) is 2.03. The maximum atomic E-state index is 10.9. The first-order valence-corrected chi connectivity index (χ1v) is 5.50. The topological polar surface area (TPSA) is 117 Å². The van der Waals surface area contributed by atoms with Crippen molar-refractivity contribution in [2.45, 2.75) is 20.1 Å². The van der Waals surface area contributed by atoms with Crippen LogP contribution in [0.1, 0.15) is 17.0 Å². The summed E-state index contributed by atoms with van der Waals surface area (Å²) in [5.41, 5.74) is 7.20. The van der Waals surface area contributed by atoms with Gasteiger partial charge in [-0.15, -0.1) is 0 Å². The van der Waals surface area contributed by atoms with Gasteiger partial charge in [0.05, 0.1) is 4.92 Å². The summed E-state index contributed by atoms with van der Waals surface area (Å²) in [5.74, 6) is 0.148. The van der Waals surface area contributed by atoms with Gasteiger partial charge in [0.15, 0.2) is 5.75 Å². The van der Waals surface area contributed by atoms with Gasteiger partial charge in [0.2, 0.25) is 0 Å². The number of aryl methyl sites for hydroxylation is 1. The van der Waals surface area contributed by atoms with E-state index >= 15 is 0 Å². The van der Waals surface area contributed by atoms with E-state index in [-0.39, 0.29) is 24.6 Å². The number of nitrogens with two attached hydrogens (primary N) is 1. The summed E-state index contributed by atoms with van der Waals surface area (Å²) < 4.78 is 9.93. The first-order chi connectivity index (χ1) is 9.11. The van der Waals surface area contributed by atoms with E-state index in [2.05, 4.69) is 14.9 Å². The van der Waals surface area contributed by atoms with Gasteiger partial charge in [-0.2, -0.15) is 0 Å². The second-order valence-electron chi connectivity index (χ2n) is 3.85. The van der Waals surface area contributed by atoms with E-state index in [9.17, 15) is 10.1 Å².